The summed E-state index contributed by atoms with van der Waals surface area (Å²) in [6.45, 7) is 0. The van der Waals surface area contributed by atoms with Crippen LogP contribution >= 0.6 is 0 Å². The maximum Gasteiger partial charge on any atom is 0.166 e. The van der Waals surface area contributed by atoms with Gasteiger partial charge >= 0.3 is 0 Å². The molecule has 0 atom stereocenters. The first-order chi connectivity index (χ1) is 29.7. The van der Waals surface area contributed by atoms with Crippen molar-refractivity contribution in [3.63, 3.8) is 0 Å². The molecule has 278 valence electrons. The van der Waals surface area contributed by atoms with Crippen molar-refractivity contribution in [2.75, 3.05) is 0 Å². The molecule has 0 N–H and O–H groups in total. The second kappa shape index (κ2) is 12.7. The number of furan rings is 1. The van der Waals surface area contributed by atoms with Gasteiger partial charge in [0.1, 0.15) is 11.2 Å². The Morgan fingerprint density at radius 3 is 1.60 bits per heavy atom. The summed E-state index contributed by atoms with van der Waals surface area (Å²) in [6, 6.07) is 68.7. The normalized spacial score (nSPS) is 12.0. The quantitative estimate of drug-likeness (QED) is 0.167. The molecule has 3 aromatic heterocycles. The zero-order chi connectivity index (χ0) is 39.3. The van der Waals surface area contributed by atoms with Crippen molar-refractivity contribution in [1.82, 2.24) is 19.5 Å². The van der Waals surface area contributed by atoms with E-state index < -0.39 is 0 Å². The summed E-state index contributed by atoms with van der Waals surface area (Å²) < 4.78 is 9.02. The third-order valence-electron chi connectivity index (χ3n) is 12.2. The highest BCUT2D eigenvalue weighted by Crippen LogP contribution is 2.44. The topological polar surface area (TPSA) is 56.7 Å². The molecule has 0 bridgehead atoms. The van der Waals surface area contributed by atoms with Crippen LogP contribution in [0.1, 0.15) is 0 Å². The van der Waals surface area contributed by atoms with Crippen molar-refractivity contribution < 1.29 is 4.42 Å². The summed E-state index contributed by atoms with van der Waals surface area (Å²) in [7, 11) is 0. The van der Waals surface area contributed by atoms with Gasteiger partial charge in [-0.15, -0.1) is 0 Å². The molecular formula is C55H32N4O. The number of rotatable bonds is 4. The number of aromatic nitrogens is 4. The average Bonchev–Trinajstić information content (AvgIpc) is 3.84. The molecule has 3 heterocycles. The van der Waals surface area contributed by atoms with E-state index in [1.807, 2.05) is 30.3 Å². The Bertz CT molecular complexity index is 3810. The summed E-state index contributed by atoms with van der Waals surface area (Å²) >= 11 is 0. The second-order valence-electron chi connectivity index (χ2n) is 15.6. The fourth-order valence-electron chi connectivity index (χ4n) is 9.35. The summed E-state index contributed by atoms with van der Waals surface area (Å²) in [5.74, 6) is 1.77. The van der Waals surface area contributed by atoms with Crippen LogP contribution in [0.4, 0.5) is 0 Å². The predicted molar refractivity (Wildman–Crippen MR) is 248 cm³/mol. The highest BCUT2D eigenvalue weighted by atomic mass is 16.3. The Morgan fingerprint density at radius 2 is 0.883 bits per heavy atom. The van der Waals surface area contributed by atoms with Gasteiger partial charge in [0.25, 0.3) is 0 Å². The van der Waals surface area contributed by atoms with E-state index in [0.29, 0.717) is 17.5 Å². The van der Waals surface area contributed by atoms with Gasteiger partial charge in [0.2, 0.25) is 0 Å². The Labute approximate surface area is 343 Å². The van der Waals surface area contributed by atoms with Crippen LogP contribution in [-0.4, -0.2) is 19.5 Å². The Hall–Kier alpha value is -8.15. The molecule has 5 heteroatoms. The van der Waals surface area contributed by atoms with Gasteiger partial charge in [-0.1, -0.05) is 146 Å². The molecule has 13 aromatic rings. The number of benzene rings is 10. The van der Waals surface area contributed by atoms with Gasteiger partial charge in [-0.25, -0.2) is 15.0 Å². The molecule has 10 aromatic carbocycles. The molecule has 60 heavy (non-hydrogen) atoms. The van der Waals surface area contributed by atoms with Crippen LogP contribution in [-0.2, 0) is 0 Å². The fourth-order valence-corrected chi connectivity index (χ4v) is 9.35. The van der Waals surface area contributed by atoms with Gasteiger partial charge in [-0.2, -0.15) is 0 Å². The van der Waals surface area contributed by atoms with Crippen LogP contribution in [0.2, 0.25) is 0 Å². The summed E-state index contributed by atoms with van der Waals surface area (Å²) in [5, 5.41) is 13.8. The molecule has 0 aliphatic heterocycles. The number of hydrogen-bond acceptors (Lipinski definition) is 4. The van der Waals surface area contributed by atoms with E-state index in [1.54, 1.807) is 0 Å². The summed E-state index contributed by atoms with van der Waals surface area (Å²) in [4.78, 5) is 16.1. The predicted octanol–water partition coefficient (Wildman–Crippen LogP) is 14.5. The minimum absolute atomic E-state index is 0.571. The minimum Gasteiger partial charge on any atom is -0.456 e. The third-order valence-corrected chi connectivity index (χ3v) is 12.2. The zero-order valence-electron chi connectivity index (χ0n) is 32.2. The zero-order valence-corrected chi connectivity index (χ0v) is 32.2. The molecule has 5 nitrogen and oxygen atoms in total. The van der Waals surface area contributed by atoms with Gasteiger partial charge < -0.3 is 8.98 Å². The minimum atomic E-state index is 0.571. The van der Waals surface area contributed by atoms with Gasteiger partial charge in [0, 0.05) is 32.7 Å². The van der Waals surface area contributed by atoms with Crippen LogP contribution < -0.4 is 0 Å². The van der Waals surface area contributed by atoms with Gasteiger partial charge in [-0.05, 0) is 91.6 Å². The number of hydrogen-bond donors (Lipinski definition) is 0. The SMILES string of the molecule is c1ccc(-c2nc(-c3ccc4c(ccc5ccccc54)c3)nc(-c3c(-n4c5cc6ccccc6cc5c5cc6ccccc6cc54)ccc4oc5ccccc5c34)n2)cc1. The maximum absolute atomic E-state index is 6.61. The molecule has 0 unspecified atom stereocenters. The first kappa shape index (κ1) is 32.9. The Morgan fingerprint density at radius 1 is 0.333 bits per heavy atom. The van der Waals surface area contributed by atoms with Crippen molar-refractivity contribution in [3.05, 3.63) is 194 Å². The highest BCUT2D eigenvalue weighted by Gasteiger charge is 2.25. The van der Waals surface area contributed by atoms with E-state index in [-0.39, 0.29) is 0 Å². The van der Waals surface area contributed by atoms with E-state index in [2.05, 4.69) is 168 Å². The second-order valence-corrected chi connectivity index (χ2v) is 15.6. The molecule has 0 aliphatic carbocycles. The standard InChI is InChI=1S/C55H32N4O/c1-2-13-34(14-3-1)53-56-54(40-24-25-42-39(28-40)23-22-33-12-8-9-19-41(33)42)58-55(57-53)52-46(26-27-50-51(52)43-20-10-11-21-49(43)60-50)59-47-31-37-17-6-4-15-35(37)29-44(47)45-30-36-16-5-7-18-38(36)32-48(45)59/h1-32H. The first-order valence-corrected chi connectivity index (χ1v) is 20.3. The molecule has 0 amide bonds. The molecule has 0 saturated carbocycles. The van der Waals surface area contributed by atoms with Crippen LogP contribution in [0.5, 0.6) is 0 Å². The molecule has 13 rings (SSSR count). The van der Waals surface area contributed by atoms with Gasteiger partial charge in [-0.3, -0.25) is 0 Å². The Balaban J connectivity index is 1.16. The first-order valence-electron chi connectivity index (χ1n) is 20.3. The van der Waals surface area contributed by atoms with Crippen LogP contribution in [0, 0.1) is 0 Å². The lowest BCUT2D eigenvalue weighted by Crippen LogP contribution is -2.04. The number of fused-ring (bicyclic) bond motifs is 11. The van der Waals surface area contributed by atoms with Crippen molar-refractivity contribution in [2.24, 2.45) is 0 Å². The lowest BCUT2D eigenvalue weighted by Gasteiger charge is -2.16. The van der Waals surface area contributed by atoms with Crippen LogP contribution in [0.15, 0.2) is 199 Å². The average molecular weight is 765 g/mol. The molecule has 0 saturated heterocycles. The van der Waals surface area contributed by atoms with Crippen molar-refractivity contribution in [1.29, 1.82) is 0 Å². The van der Waals surface area contributed by atoms with Crippen LogP contribution in [0.25, 0.3) is 127 Å². The maximum atomic E-state index is 6.61. The largest absolute Gasteiger partial charge is 0.456 e. The lowest BCUT2D eigenvalue weighted by atomic mass is 10.00. The Kier molecular flexibility index (Phi) is 6.95. The molecule has 0 spiro atoms. The highest BCUT2D eigenvalue weighted by molar-refractivity contribution is 6.19. The number of nitrogens with zero attached hydrogens (tertiary/aromatic N) is 4. The van der Waals surface area contributed by atoms with Gasteiger partial charge in [0.05, 0.1) is 22.3 Å². The molecule has 0 radical (unpaired) electrons. The molecule has 0 aliphatic rings. The number of para-hydroxylation sites is 1. The third kappa shape index (κ3) is 4.96. The lowest BCUT2D eigenvalue weighted by molar-refractivity contribution is 0.669. The smallest absolute Gasteiger partial charge is 0.166 e. The van der Waals surface area contributed by atoms with Crippen molar-refractivity contribution in [3.8, 4) is 39.9 Å². The van der Waals surface area contributed by atoms with Crippen molar-refractivity contribution >= 4 is 86.8 Å². The van der Waals surface area contributed by atoms with E-state index in [0.717, 1.165) is 60.7 Å². The molecular weight excluding hydrogens is 733 g/mol. The molecule has 0 fully saturated rings. The fraction of sp³-hybridized carbons (Fsp3) is 0. The van der Waals surface area contributed by atoms with E-state index >= 15 is 0 Å². The van der Waals surface area contributed by atoms with E-state index in [1.165, 1.54) is 48.5 Å². The van der Waals surface area contributed by atoms with Crippen LogP contribution in [0.3, 0.4) is 0 Å². The van der Waals surface area contributed by atoms with E-state index in [4.69, 9.17) is 19.4 Å². The summed E-state index contributed by atoms with van der Waals surface area (Å²) in [6.07, 6.45) is 0. The monoisotopic (exact) mass is 764 g/mol. The van der Waals surface area contributed by atoms with Gasteiger partial charge in [0.15, 0.2) is 17.5 Å². The van der Waals surface area contributed by atoms with Crippen molar-refractivity contribution in [2.45, 2.75) is 0 Å². The summed E-state index contributed by atoms with van der Waals surface area (Å²) in [5.41, 5.74) is 7.45. The van der Waals surface area contributed by atoms with E-state index in [9.17, 15) is 0 Å².